The summed E-state index contributed by atoms with van der Waals surface area (Å²) in [7, 11) is 4.01. The predicted octanol–water partition coefficient (Wildman–Crippen LogP) is 0.436. The molecule has 0 aromatic heterocycles. The zero-order valence-electron chi connectivity index (χ0n) is 16.8. The molecule has 7 nitrogen and oxygen atoms in total. The van der Waals surface area contributed by atoms with Crippen LogP contribution in [0.1, 0.15) is 33.6 Å². The van der Waals surface area contributed by atoms with Crippen molar-refractivity contribution in [2.24, 2.45) is 4.99 Å². The minimum Gasteiger partial charge on any atom is -0.355 e. The monoisotopic (exact) mass is 354 g/mol. The van der Waals surface area contributed by atoms with E-state index in [9.17, 15) is 4.79 Å². The third-order valence-corrected chi connectivity index (χ3v) is 4.37. The Hall–Kier alpha value is -1.34. The fourth-order valence-corrected chi connectivity index (χ4v) is 2.92. The number of guanidine groups is 1. The van der Waals surface area contributed by atoms with E-state index < -0.39 is 0 Å². The van der Waals surface area contributed by atoms with E-state index >= 15 is 0 Å². The summed E-state index contributed by atoms with van der Waals surface area (Å²) in [6.45, 7) is 13.4. The van der Waals surface area contributed by atoms with E-state index in [0.717, 1.165) is 51.8 Å². The van der Waals surface area contributed by atoms with Crippen LogP contribution in [0.5, 0.6) is 0 Å². The van der Waals surface area contributed by atoms with Crippen LogP contribution < -0.4 is 10.6 Å². The summed E-state index contributed by atoms with van der Waals surface area (Å²) in [6, 6.07) is 0.201. The first-order chi connectivity index (χ1) is 12.0. The maximum atomic E-state index is 11.9. The molecule has 1 aliphatic heterocycles. The summed E-state index contributed by atoms with van der Waals surface area (Å²) >= 11 is 0. The molecule has 0 aliphatic carbocycles. The fraction of sp³-hybridized carbons (Fsp3) is 0.889. The van der Waals surface area contributed by atoms with Gasteiger partial charge >= 0.3 is 0 Å². The molecule has 0 bridgehead atoms. The van der Waals surface area contributed by atoms with E-state index in [2.05, 4.69) is 44.3 Å². The zero-order chi connectivity index (χ0) is 18.7. The van der Waals surface area contributed by atoms with Crippen LogP contribution in [-0.2, 0) is 4.79 Å². The number of carbonyl (C=O) groups excluding carboxylic acids is 1. The maximum absolute atomic E-state index is 11.9. The van der Waals surface area contributed by atoms with E-state index in [1.165, 1.54) is 12.8 Å². The van der Waals surface area contributed by atoms with Crippen LogP contribution in [0.4, 0.5) is 0 Å². The second-order valence-electron chi connectivity index (χ2n) is 7.12. The number of hydrogen-bond acceptors (Lipinski definition) is 4. The molecule has 25 heavy (non-hydrogen) atoms. The SMILES string of the molecule is CCCCN(C)CCNC(=NC)N1CCN(CC(=O)NC(C)C)CC1. The lowest BCUT2D eigenvalue weighted by Crippen LogP contribution is -2.54. The van der Waals surface area contributed by atoms with Crippen molar-refractivity contribution in [3.05, 3.63) is 0 Å². The average Bonchev–Trinajstić information content (AvgIpc) is 2.57. The normalized spacial score (nSPS) is 16.6. The van der Waals surface area contributed by atoms with Crippen LogP contribution >= 0.6 is 0 Å². The molecular weight excluding hydrogens is 316 g/mol. The van der Waals surface area contributed by atoms with E-state index in [0.29, 0.717) is 6.54 Å². The number of unbranched alkanes of at least 4 members (excludes halogenated alkanes) is 1. The minimum atomic E-state index is 0.112. The van der Waals surface area contributed by atoms with Gasteiger partial charge in [0, 0.05) is 52.4 Å². The molecule has 0 atom stereocenters. The van der Waals surface area contributed by atoms with Crippen molar-refractivity contribution in [3.8, 4) is 0 Å². The highest BCUT2D eigenvalue weighted by Gasteiger charge is 2.21. The Morgan fingerprint density at radius 1 is 1.20 bits per heavy atom. The van der Waals surface area contributed by atoms with E-state index in [1.54, 1.807) is 0 Å². The van der Waals surface area contributed by atoms with Crippen molar-refractivity contribution >= 4 is 11.9 Å². The number of hydrogen-bond donors (Lipinski definition) is 2. The lowest BCUT2D eigenvalue weighted by Gasteiger charge is -2.36. The average molecular weight is 355 g/mol. The van der Waals surface area contributed by atoms with Gasteiger partial charge in [0.15, 0.2) is 5.96 Å². The molecule has 0 saturated carbocycles. The number of aliphatic imine (C=N–C) groups is 1. The van der Waals surface area contributed by atoms with Gasteiger partial charge in [-0.05, 0) is 33.9 Å². The highest BCUT2D eigenvalue weighted by molar-refractivity contribution is 5.80. The van der Waals surface area contributed by atoms with Crippen LogP contribution in [0, 0.1) is 0 Å². The number of nitrogens with one attached hydrogen (secondary N) is 2. The molecule has 2 N–H and O–H groups in total. The van der Waals surface area contributed by atoms with Gasteiger partial charge in [0.1, 0.15) is 0 Å². The molecule has 0 spiro atoms. The number of carbonyl (C=O) groups is 1. The quantitative estimate of drug-likeness (QED) is 0.465. The third-order valence-electron chi connectivity index (χ3n) is 4.37. The number of amides is 1. The third kappa shape index (κ3) is 9.07. The van der Waals surface area contributed by atoms with Gasteiger partial charge in [-0.2, -0.15) is 0 Å². The van der Waals surface area contributed by atoms with Crippen LogP contribution in [0.15, 0.2) is 4.99 Å². The van der Waals surface area contributed by atoms with Crippen molar-refractivity contribution in [3.63, 3.8) is 0 Å². The van der Waals surface area contributed by atoms with Gasteiger partial charge in [-0.1, -0.05) is 13.3 Å². The summed E-state index contributed by atoms with van der Waals surface area (Å²) in [5.41, 5.74) is 0. The molecule has 0 radical (unpaired) electrons. The Bertz CT molecular complexity index is 404. The molecule has 0 unspecified atom stereocenters. The molecular formula is C18H38N6O. The first-order valence-corrected chi connectivity index (χ1v) is 9.62. The largest absolute Gasteiger partial charge is 0.355 e. The molecule has 146 valence electrons. The number of likely N-dealkylation sites (N-methyl/N-ethyl adjacent to an activating group) is 1. The molecule has 1 heterocycles. The fourth-order valence-electron chi connectivity index (χ4n) is 2.92. The Morgan fingerprint density at radius 3 is 2.44 bits per heavy atom. The highest BCUT2D eigenvalue weighted by atomic mass is 16.2. The predicted molar refractivity (Wildman–Crippen MR) is 105 cm³/mol. The molecule has 0 aromatic carbocycles. The molecule has 7 heteroatoms. The van der Waals surface area contributed by atoms with Crippen LogP contribution in [0.25, 0.3) is 0 Å². The van der Waals surface area contributed by atoms with Crippen LogP contribution in [0.3, 0.4) is 0 Å². The first-order valence-electron chi connectivity index (χ1n) is 9.62. The zero-order valence-corrected chi connectivity index (χ0v) is 16.8. The molecule has 1 fully saturated rings. The molecule has 1 rings (SSSR count). The summed E-state index contributed by atoms with van der Waals surface area (Å²) in [6.07, 6.45) is 2.48. The van der Waals surface area contributed by atoms with Crippen molar-refractivity contribution in [2.75, 3.05) is 66.5 Å². The lowest BCUT2D eigenvalue weighted by molar-refractivity contribution is -0.123. The smallest absolute Gasteiger partial charge is 0.234 e. The standard InChI is InChI=1S/C18H38N6O/c1-6-7-9-22(5)10-8-20-18(19-4)24-13-11-23(12-14-24)15-17(25)21-16(2)3/h16H,6-15H2,1-5H3,(H,19,20)(H,21,25). The first kappa shape index (κ1) is 21.7. The van der Waals surface area contributed by atoms with Gasteiger partial charge in [0.25, 0.3) is 0 Å². The van der Waals surface area contributed by atoms with Crippen LogP contribution in [0.2, 0.25) is 0 Å². The number of nitrogens with zero attached hydrogens (tertiary/aromatic N) is 4. The number of rotatable bonds is 9. The van der Waals surface area contributed by atoms with Gasteiger partial charge < -0.3 is 20.4 Å². The lowest BCUT2D eigenvalue weighted by atomic mass is 10.3. The molecule has 1 amide bonds. The molecule has 0 aromatic rings. The topological polar surface area (TPSA) is 63.2 Å². The molecule has 1 aliphatic rings. The van der Waals surface area contributed by atoms with Gasteiger partial charge in [-0.15, -0.1) is 0 Å². The second-order valence-corrected chi connectivity index (χ2v) is 7.12. The van der Waals surface area contributed by atoms with E-state index in [1.807, 2.05) is 20.9 Å². The van der Waals surface area contributed by atoms with Crippen molar-refractivity contribution in [1.29, 1.82) is 0 Å². The molecule has 1 saturated heterocycles. The Morgan fingerprint density at radius 2 is 1.88 bits per heavy atom. The van der Waals surface area contributed by atoms with E-state index in [-0.39, 0.29) is 11.9 Å². The van der Waals surface area contributed by atoms with E-state index in [4.69, 9.17) is 0 Å². The second kappa shape index (κ2) is 12.1. The van der Waals surface area contributed by atoms with Crippen LogP contribution in [-0.4, -0.2) is 99.1 Å². The van der Waals surface area contributed by atoms with Gasteiger partial charge in [0.2, 0.25) is 5.91 Å². The Balaban J connectivity index is 2.28. The summed E-state index contributed by atoms with van der Waals surface area (Å²) in [5, 5.41) is 6.42. The van der Waals surface area contributed by atoms with Gasteiger partial charge in [0.05, 0.1) is 6.54 Å². The number of piperazine rings is 1. The summed E-state index contributed by atoms with van der Waals surface area (Å²) in [5.74, 6) is 1.08. The van der Waals surface area contributed by atoms with Crippen molar-refractivity contribution in [2.45, 2.75) is 39.7 Å². The highest BCUT2D eigenvalue weighted by Crippen LogP contribution is 2.02. The van der Waals surface area contributed by atoms with Gasteiger partial charge in [-0.25, -0.2) is 0 Å². The van der Waals surface area contributed by atoms with Crippen molar-refractivity contribution in [1.82, 2.24) is 25.3 Å². The van der Waals surface area contributed by atoms with Crippen molar-refractivity contribution < 1.29 is 4.79 Å². The Labute approximate surface area is 153 Å². The Kier molecular flexibility index (Phi) is 10.5. The summed E-state index contributed by atoms with van der Waals surface area (Å²) < 4.78 is 0. The summed E-state index contributed by atoms with van der Waals surface area (Å²) in [4.78, 5) is 23.1. The minimum absolute atomic E-state index is 0.112. The maximum Gasteiger partial charge on any atom is 0.234 e. The van der Waals surface area contributed by atoms with Gasteiger partial charge in [-0.3, -0.25) is 14.7 Å².